The Labute approximate surface area is 170 Å². The second-order valence-electron chi connectivity index (χ2n) is 6.49. The van der Waals surface area contributed by atoms with E-state index >= 15 is 0 Å². The number of nitrogens with zero attached hydrogens (tertiary/aromatic N) is 1. The van der Waals surface area contributed by atoms with Gasteiger partial charge in [0, 0.05) is 23.4 Å². The summed E-state index contributed by atoms with van der Waals surface area (Å²) in [5.41, 5.74) is 3.23. The van der Waals surface area contributed by atoms with Gasteiger partial charge in [0.25, 0.3) is 5.91 Å². The van der Waals surface area contributed by atoms with E-state index in [9.17, 15) is 13.2 Å². The molecule has 0 aliphatic carbocycles. The number of benzene rings is 1. The number of rotatable bonds is 7. The fraction of sp³-hybridized carbons (Fsp3) is 0.238. The topological polar surface area (TPSA) is 76.1 Å². The van der Waals surface area contributed by atoms with Gasteiger partial charge >= 0.3 is 0 Å². The predicted molar refractivity (Wildman–Crippen MR) is 116 cm³/mol. The normalized spacial score (nSPS) is 12.6. The Bertz CT molecular complexity index is 1010. The molecular formula is C21H24N2O3S2. The van der Waals surface area contributed by atoms with Gasteiger partial charge in [-0.3, -0.25) is 10.1 Å². The van der Waals surface area contributed by atoms with Crippen LogP contribution in [0.2, 0.25) is 0 Å². The third kappa shape index (κ3) is 6.28. The van der Waals surface area contributed by atoms with Crippen molar-refractivity contribution < 1.29 is 13.2 Å². The zero-order valence-electron chi connectivity index (χ0n) is 16.4. The van der Waals surface area contributed by atoms with E-state index in [1.165, 1.54) is 23.5 Å². The maximum Gasteiger partial charge on any atom is 0.258 e. The third-order valence-electron chi connectivity index (χ3n) is 3.86. The lowest BCUT2D eigenvalue weighted by Gasteiger charge is -2.10. The zero-order chi connectivity index (χ0) is 20.7. The average molecular weight is 417 g/mol. The van der Waals surface area contributed by atoms with Crippen LogP contribution in [0.15, 0.2) is 70.1 Å². The van der Waals surface area contributed by atoms with E-state index in [4.69, 9.17) is 0 Å². The fourth-order valence-electron chi connectivity index (χ4n) is 2.34. The lowest BCUT2D eigenvalue weighted by atomic mass is 10.0. The highest BCUT2D eigenvalue weighted by Crippen LogP contribution is 2.23. The summed E-state index contributed by atoms with van der Waals surface area (Å²) in [4.78, 5) is 17.2. The molecule has 148 valence electrons. The van der Waals surface area contributed by atoms with Crippen molar-refractivity contribution in [2.45, 2.75) is 32.1 Å². The first-order valence-corrected chi connectivity index (χ1v) is 11.5. The molecule has 0 saturated carbocycles. The molecule has 1 N–H and O–H groups in total. The van der Waals surface area contributed by atoms with E-state index in [1.54, 1.807) is 23.7 Å². The van der Waals surface area contributed by atoms with Gasteiger partial charge in [-0.1, -0.05) is 36.8 Å². The molecule has 28 heavy (non-hydrogen) atoms. The SMILES string of the molecule is CCC(=C\C=C(C)C)/C=C(/C(=O)Nc1nccs1)c1ccc(S(C)(=O)=O)cc1. The molecule has 1 heterocycles. The summed E-state index contributed by atoms with van der Waals surface area (Å²) in [6.07, 6.45) is 9.34. The Morgan fingerprint density at radius 1 is 1.18 bits per heavy atom. The number of sulfone groups is 1. The number of thiazole rings is 1. The van der Waals surface area contributed by atoms with Crippen LogP contribution in [0.5, 0.6) is 0 Å². The molecule has 1 amide bonds. The molecule has 0 saturated heterocycles. The van der Waals surface area contributed by atoms with E-state index in [-0.39, 0.29) is 10.8 Å². The third-order valence-corrected chi connectivity index (χ3v) is 5.68. The van der Waals surface area contributed by atoms with Gasteiger partial charge in [0.05, 0.1) is 4.90 Å². The van der Waals surface area contributed by atoms with Crippen LogP contribution >= 0.6 is 11.3 Å². The first-order chi connectivity index (χ1) is 13.2. The number of aromatic nitrogens is 1. The Morgan fingerprint density at radius 3 is 2.36 bits per heavy atom. The number of anilines is 1. The van der Waals surface area contributed by atoms with Crippen molar-refractivity contribution in [1.29, 1.82) is 0 Å². The largest absolute Gasteiger partial charge is 0.298 e. The molecule has 0 radical (unpaired) electrons. The number of carbonyl (C=O) groups excluding carboxylic acids is 1. The van der Waals surface area contributed by atoms with Gasteiger partial charge in [-0.2, -0.15) is 0 Å². The van der Waals surface area contributed by atoms with Crippen LogP contribution in [0, 0.1) is 0 Å². The molecule has 0 atom stereocenters. The number of allylic oxidation sites excluding steroid dienone is 5. The molecule has 0 spiro atoms. The van der Waals surface area contributed by atoms with Crippen LogP contribution in [0.1, 0.15) is 32.8 Å². The highest BCUT2D eigenvalue weighted by molar-refractivity contribution is 7.90. The van der Waals surface area contributed by atoms with Crippen LogP contribution < -0.4 is 5.32 Å². The standard InChI is InChI=1S/C21H24N2O3S2/c1-5-16(7-6-15(2)3)14-19(20(24)23-21-22-12-13-27-21)17-8-10-18(11-9-17)28(4,25)26/h6-14H,5H2,1-4H3,(H,22,23,24)/b16-7+,19-14+. The van der Waals surface area contributed by atoms with Gasteiger partial charge in [0.2, 0.25) is 0 Å². The van der Waals surface area contributed by atoms with Crippen molar-refractivity contribution in [1.82, 2.24) is 4.98 Å². The van der Waals surface area contributed by atoms with Gasteiger partial charge < -0.3 is 0 Å². The number of nitrogens with one attached hydrogen (secondary N) is 1. The van der Waals surface area contributed by atoms with Crippen molar-refractivity contribution in [3.63, 3.8) is 0 Å². The highest BCUT2D eigenvalue weighted by Gasteiger charge is 2.15. The van der Waals surface area contributed by atoms with Crippen LogP contribution in [0.25, 0.3) is 5.57 Å². The van der Waals surface area contributed by atoms with Crippen molar-refractivity contribution in [3.05, 3.63) is 70.8 Å². The second kappa shape index (κ2) is 9.61. The molecule has 2 rings (SSSR count). The quantitative estimate of drug-likeness (QED) is 0.516. The van der Waals surface area contributed by atoms with Crippen LogP contribution in [0.4, 0.5) is 5.13 Å². The van der Waals surface area contributed by atoms with Crippen molar-refractivity contribution in [3.8, 4) is 0 Å². The number of hydrogen-bond donors (Lipinski definition) is 1. The molecule has 2 aromatic rings. The minimum Gasteiger partial charge on any atom is -0.298 e. The maximum absolute atomic E-state index is 12.9. The van der Waals surface area contributed by atoms with E-state index < -0.39 is 9.84 Å². The minimum atomic E-state index is -3.30. The van der Waals surface area contributed by atoms with E-state index in [1.807, 2.05) is 39.0 Å². The molecule has 1 aromatic carbocycles. The zero-order valence-corrected chi connectivity index (χ0v) is 18.0. The molecular weight excluding hydrogens is 392 g/mol. The van der Waals surface area contributed by atoms with Gasteiger partial charge in [-0.05, 0) is 49.6 Å². The molecule has 0 aliphatic heterocycles. The highest BCUT2D eigenvalue weighted by atomic mass is 32.2. The summed E-state index contributed by atoms with van der Waals surface area (Å²) in [5, 5.41) is 5.09. The molecule has 0 aliphatic rings. The summed E-state index contributed by atoms with van der Waals surface area (Å²) in [5.74, 6) is -0.293. The smallest absolute Gasteiger partial charge is 0.258 e. The van der Waals surface area contributed by atoms with Gasteiger partial charge in [-0.25, -0.2) is 13.4 Å². The van der Waals surface area contributed by atoms with E-state index in [2.05, 4.69) is 10.3 Å². The summed E-state index contributed by atoms with van der Waals surface area (Å²) in [6.45, 7) is 6.03. The molecule has 0 fully saturated rings. The second-order valence-corrected chi connectivity index (χ2v) is 9.40. The van der Waals surface area contributed by atoms with Crippen LogP contribution in [-0.4, -0.2) is 25.6 Å². The van der Waals surface area contributed by atoms with E-state index in [0.717, 1.165) is 23.8 Å². The van der Waals surface area contributed by atoms with E-state index in [0.29, 0.717) is 16.3 Å². The molecule has 1 aromatic heterocycles. The monoisotopic (exact) mass is 416 g/mol. The fourth-order valence-corrected chi connectivity index (χ4v) is 3.49. The predicted octanol–water partition coefficient (Wildman–Crippen LogP) is 4.87. The minimum absolute atomic E-state index is 0.215. The van der Waals surface area contributed by atoms with Crippen LogP contribution in [0.3, 0.4) is 0 Å². The lowest BCUT2D eigenvalue weighted by molar-refractivity contribution is -0.111. The summed E-state index contributed by atoms with van der Waals surface area (Å²) >= 11 is 1.33. The lowest BCUT2D eigenvalue weighted by Crippen LogP contribution is -2.14. The first kappa shape index (κ1) is 21.8. The number of carbonyl (C=O) groups is 1. The Hall–Kier alpha value is -2.51. The number of amides is 1. The molecule has 5 nitrogen and oxygen atoms in total. The van der Waals surface area contributed by atoms with Gasteiger partial charge in [0.1, 0.15) is 0 Å². The summed E-state index contributed by atoms with van der Waals surface area (Å²) < 4.78 is 23.4. The first-order valence-electron chi connectivity index (χ1n) is 8.77. The van der Waals surface area contributed by atoms with Crippen molar-refractivity contribution in [2.24, 2.45) is 0 Å². The Balaban J connectivity index is 2.48. The molecule has 7 heteroatoms. The maximum atomic E-state index is 12.9. The van der Waals surface area contributed by atoms with Crippen LogP contribution in [-0.2, 0) is 14.6 Å². The van der Waals surface area contributed by atoms with Crippen molar-refractivity contribution in [2.75, 3.05) is 11.6 Å². The Morgan fingerprint density at radius 2 is 1.86 bits per heavy atom. The Kier molecular flexibility index (Phi) is 7.48. The summed E-state index contributed by atoms with van der Waals surface area (Å²) in [7, 11) is -3.30. The van der Waals surface area contributed by atoms with Gasteiger partial charge in [-0.15, -0.1) is 11.3 Å². The number of hydrogen-bond acceptors (Lipinski definition) is 5. The summed E-state index contributed by atoms with van der Waals surface area (Å²) in [6, 6.07) is 6.33. The van der Waals surface area contributed by atoms with Gasteiger partial charge in [0.15, 0.2) is 15.0 Å². The van der Waals surface area contributed by atoms with Crippen molar-refractivity contribution >= 4 is 37.8 Å². The molecule has 0 bridgehead atoms. The average Bonchev–Trinajstić information content (AvgIpc) is 3.14. The molecule has 0 unspecified atom stereocenters.